The first kappa shape index (κ1) is 32.5. The zero-order valence-electron chi connectivity index (χ0n) is 23.4. The van der Waals surface area contributed by atoms with Gasteiger partial charge in [-0.3, -0.25) is 18.9 Å². The van der Waals surface area contributed by atoms with Crippen LogP contribution in [0.5, 0.6) is 0 Å². The van der Waals surface area contributed by atoms with E-state index in [-0.39, 0.29) is 30.9 Å². The molecular formula is C28H47N2O7P. The summed E-state index contributed by atoms with van der Waals surface area (Å²) in [6.07, 6.45) is 18.4. The van der Waals surface area contributed by atoms with Gasteiger partial charge in [-0.2, -0.15) is 0 Å². The van der Waals surface area contributed by atoms with E-state index < -0.39 is 37.3 Å². The number of hydrogen-bond donors (Lipinski definition) is 2. The first-order chi connectivity index (χ1) is 18.2. The Balaban J connectivity index is 2.11. The number of nitrogens with zero attached hydrogens (tertiary/aromatic N) is 1. The van der Waals surface area contributed by atoms with Gasteiger partial charge >= 0.3 is 13.3 Å². The van der Waals surface area contributed by atoms with Gasteiger partial charge in [0.15, 0.2) is 0 Å². The van der Waals surface area contributed by atoms with Crippen LogP contribution < -0.4 is 11.2 Å². The van der Waals surface area contributed by atoms with Crippen molar-refractivity contribution in [1.29, 1.82) is 0 Å². The molecule has 1 aromatic heterocycles. The number of aromatic amines is 1. The van der Waals surface area contributed by atoms with Crippen LogP contribution in [0, 0.1) is 12.3 Å². The fourth-order valence-corrected chi connectivity index (χ4v) is 5.51. The third-order valence-electron chi connectivity index (χ3n) is 7.07. The number of terminal acetylenes is 1. The summed E-state index contributed by atoms with van der Waals surface area (Å²) in [7, 11) is -3.83. The molecule has 9 nitrogen and oxygen atoms in total. The van der Waals surface area contributed by atoms with Crippen molar-refractivity contribution in [2.75, 3.05) is 12.8 Å². The lowest BCUT2D eigenvalue weighted by atomic mass is 10.0. The van der Waals surface area contributed by atoms with Crippen molar-refractivity contribution in [3.05, 3.63) is 32.6 Å². The lowest BCUT2D eigenvalue weighted by Gasteiger charge is -2.24. The summed E-state index contributed by atoms with van der Waals surface area (Å²) in [5.74, 6) is 2.26. The molecule has 0 bridgehead atoms. The monoisotopic (exact) mass is 554 g/mol. The van der Waals surface area contributed by atoms with Gasteiger partial charge in [0.2, 0.25) is 0 Å². The molecule has 1 aliphatic heterocycles. The molecule has 1 fully saturated rings. The Morgan fingerprint density at radius 3 is 2.26 bits per heavy atom. The summed E-state index contributed by atoms with van der Waals surface area (Å²) in [5.41, 5.74) is -1.32. The van der Waals surface area contributed by atoms with E-state index in [2.05, 4.69) is 24.8 Å². The van der Waals surface area contributed by atoms with E-state index in [1.165, 1.54) is 62.1 Å². The molecule has 0 aliphatic carbocycles. The fraction of sp³-hybridized carbons (Fsp3) is 0.786. The SMILES string of the molecule is C#Cc1cn([C@H]2C[C@H](OP(=O)(O)CC)[C@@H](COC(CCCCCCC)CCCCCCC)O2)c(=O)[nH]c1=O. The number of unbranched alkanes of at least 4 members (excludes halogenated alkanes) is 8. The first-order valence-electron chi connectivity index (χ1n) is 14.3. The Morgan fingerprint density at radius 1 is 1.11 bits per heavy atom. The van der Waals surface area contributed by atoms with Gasteiger partial charge in [-0.25, -0.2) is 4.79 Å². The van der Waals surface area contributed by atoms with Crippen molar-refractivity contribution in [1.82, 2.24) is 9.55 Å². The molecule has 4 atom stereocenters. The van der Waals surface area contributed by atoms with E-state index in [0.29, 0.717) is 0 Å². The van der Waals surface area contributed by atoms with Gasteiger partial charge in [0.05, 0.1) is 18.8 Å². The fourth-order valence-electron chi connectivity index (χ4n) is 4.71. The molecule has 2 N–H and O–H groups in total. The summed E-state index contributed by atoms with van der Waals surface area (Å²) in [6.45, 7) is 6.17. The molecule has 0 saturated carbocycles. The number of hydrogen-bond acceptors (Lipinski definition) is 6. The lowest BCUT2D eigenvalue weighted by molar-refractivity contribution is -0.0813. The minimum Gasteiger partial charge on any atom is -0.375 e. The van der Waals surface area contributed by atoms with E-state index in [1.807, 2.05) is 0 Å². The van der Waals surface area contributed by atoms with Crippen LogP contribution in [0.1, 0.15) is 116 Å². The minimum absolute atomic E-state index is 0.00188. The Kier molecular flexibility index (Phi) is 14.6. The molecule has 0 radical (unpaired) electrons. The summed E-state index contributed by atoms with van der Waals surface area (Å²) in [6, 6.07) is 0. The van der Waals surface area contributed by atoms with Crippen LogP contribution in [0.4, 0.5) is 0 Å². The Labute approximate surface area is 227 Å². The Morgan fingerprint density at radius 2 is 1.71 bits per heavy atom. The van der Waals surface area contributed by atoms with Gasteiger partial charge in [0.1, 0.15) is 17.9 Å². The van der Waals surface area contributed by atoms with Crippen molar-refractivity contribution in [2.45, 2.75) is 129 Å². The van der Waals surface area contributed by atoms with E-state index >= 15 is 0 Å². The van der Waals surface area contributed by atoms with Crippen molar-refractivity contribution >= 4 is 7.60 Å². The molecule has 2 rings (SSSR count). The van der Waals surface area contributed by atoms with Crippen molar-refractivity contribution in [2.24, 2.45) is 0 Å². The third-order valence-corrected chi connectivity index (χ3v) is 8.47. The number of nitrogens with one attached hydrogen (secondary N) is 1. The highest BCUT2D eigenvalue weighted by Crippen LogP contribution is 2.46. The molecule has 0 spiro atoms. The van der Waals surface area contributed by atoms with E-state index in [9.17, 15) is 19.0 Å². The van der Waals surface area contributed by atoms with Gasteiger partial charge in [0.25, 0.3) is 5.56 Å². The predicted octanol–water partition coefficient (Wildman–Crippen LogP) is 5.50. The highest BCUT2D eigenvalue weighted by Gasteiger charge is 2.41. The molecule has 2 heterocycles. The molecule has 10 heteroatoms. The first-order valence-corrected chi connectivity index (χ1v) is 16.1. The van der Waals surface area contributed by atoms with Gasteiger partial charge in [0, 0.05) is 18.8 Å². The molecule has 38 heavy (non-hydrogen) atoms. The number of ether oxygens (including phenoxy) is 2. The Hall–Kier alpha value is -1.69. The molecule has 0 aromatic carbocycles. The molecule has 1 aliphatic rings. The lowest BCUT2D eigenvalue weighted by Crippen LogP contribution is -2.34. The van der Waals surface area contributed by atoms with Gasteiger partial charge in [-0.15, -0.1) is 6.42 Å². The van der Waals surface area contributed by atoms with E-state index in [4.69, 9.17) is 20.4 Å². The summed E-state index contributed by atoms with van der Waals surface area (Å²) in [4.78, 5) is 36.8. The second kappa shape index (κ2) is 17.1. The average molecular weight is 555 g/mol. The summed E-state index contributed by atoms with van der Waals surface area (Å²) in [5, 5.41) is 0. The number of rotatable bonds is 19. The van der Waals surface area contributed by atoms with Crippen LogP contribution in [0.3, 0.4) is 0 Å². The standard InChI is InChI=1S/C28H47N2O7P/c1-5-9-11-13-15-17-23(18-16-14-12-10-6-2)35-21-25-24(37-38(33,34)8-4)19-26(36-25)30-20-22(7-3)27(31)29-28(30)32/h3,20,23-26H,5-6,8-19,21H2,1-2,4H3,(H,33,34)(H,29,31,32)/t24-,25+,26+/m0/s1. The second-order valence-corrected chi connectivity index (χ2v) is 12.3. The van der Waals surface area contributed by atoms with Crippen LogP contribution in [0.2, 0.25) is 0 Å². The molecular weight excluding hydrogens is 507 g/mol. The van der Waals surface area contributed by atoms with Crippen molar-refractivity contribution < 1.29 is 23.5 Å². The smallest absolute Gasteiger partial charge is 0.330 e. The maximum atomic E-state index is 12.5. The minimum atomic E-state index is -3.83. The summed E-state index contributed by atoms with van der Waals surface area (Å²) >= 11 is 0. The van der Waals surface area contributed by atoms with Gasteiger partial charge in [-0.05, 0) is 12.8 Å². The normalized spacial score (nSPS) is 21.0. The van der Waals surface area contributed by atoms with E-state index in [1.54, 1.807) is 6.92 Å². The maximum absolute atomic E-state index is 12.5. The predicted molar refractivity (Wildman–Crippen MR) is 150 cm³/mol. The van der Waals surface area contributed by atoms with Gasteiger partial charge < -0.3 is 18.9 Å². The van der Waals surface area contributed by atoms with Crippen LogP contribution >= 0.6 is 7.60 Å². The van der Waals surface area contributed by atoms with Crippen molar-refractivity contribution in [3.63, 3.8) is 0 Å². The Bertz CT molecular complexity index is 1020. The quantitative estimate of drug-likeness (QED) is 0.132. The van der Waals surface area contributed by atoms with Crippen LogP contribution in [-0.4, -0.2) is 45.5 Å². The number of H-pyrrole nitrogens is 1. The highest BCUT2D eigenvalue weighted by molar-refractivity contribution is 7.52. The molecule has 1 saturated heterocycles. The molecule has 216 valence electrons. The zero-order chi connectivity index (χ0) is 28.0. The largest absolute Gasteiger partial charge is 0.375 e. The maximum Gasteiger partial charge on any atom is 0.330 e. The second-order valence-electron chi connectivity index (χ2n) is 10.2. The van der Waals surface area contributed by atoms with Crippen molar-refractivity contribution in [3.8, 4) is 12.3 Å². The number of aromatic nitrogens is 2. The third kappa shape index (κ3) is 10.8. The average Bonchev–Trinajstić information content (AvgIpc) is 3.27. The highest BCUT2D eigenvalue weighted by atomic mass is 31.2. The van der Waals surface area contributed by atoms with Crippen LogP contribution in [0.15, 0.2) is 15.8 Å². The van der Waals surface area contributed by atoms with E-state index in [0.717, 1.165) is 25.7 Å². The molecule has 1 unspecified atom stereocenters. The van der Waals surface area contributed by atoms with Crippen LogP contribution in [-0.2, 0) is 18.6 Å². The summed E-state index contributed by atoms with van der Waals surface area (Å²) < 4.78 is 31.7. The molecule has 0 amide bonds. The zero-order valence-corrected chi connectivity index (χ0v) is 24.3. The van der Waals surface area contributed by atoms with Crippen LogP contribution in [0.25, 0.3) is 0 Å². The van der Waals surface area contributed by atoms with Gasteiger partial charge in [-0.1, -0.05) is 90.9 Å². The topological polar surface area (TPSA) is 120 Å². The molecule has 1 aromatic rings.